The zero-order valence-electron chi connectivity index (χ0n) is 16.4. The van der Waals surface area contributed by atoms with Crippen LogP contribution < -0.4 is 10.6 Å². The van der Waals surface area contributed by atoms with Crippen molar-refractivity contribution in [2.45, 2.75) is 46.6 Å². The highest BCUT2D eigenvalue weighted by Gasteiger charge is 2.34. The van der Waals surface area contributed by atoms with Crippen molar-refractivity contribution in [2.24, 2.45) is 0 Å². The van der Waals surface area contributed by atoms with Gasteiger partial charge in [-0.2, -0.15) is 0 Å². The molecule has 0 saturated carbocycles. The molecule has 0 spiro atoms. The fourth-order valence-corrected chi connectivity index (χ4v) is 3.70. The molecule has 0 radical (unpaired) electrons. The normalized spacial score (nSPS) is 16.3. The molecule has 3 rings (SSSR count). The fraction of sp³-hybridized carbons (Fsp3) is 0.364. The molecule has 1 aliphatic heterocycles. The van der Waals surface area contributed by atoms with Gasteiger partial charge in [-0.25, -0.2) is 4.79 Å². The molecule has 2 N–H and O–H groups in total. The molecule has 5 nitrogen and oxygen atoms in total. The summed E-state index contributed by atoms with van der Waals surface area (Å²) in [6.45, 7) is 8.61. The van der Waals surface area contributed by atoms with Crippen molar-refractivity contribution >= 4 is 23.3 Å². The van der Waals surface area contributed by atoms with Crippen LogP contribution in [0.3, 0.4) is 0 Å². The number of carbonyl (C=O) groups excluding carboxylic acids is 2. The van der Waals surface area contributed by atoms with Gasteiger partial charge >= 0.3 is 6.03 Å². The Morgan fingerprint density at radius 1 is 0.926 bits per heavy atom. The molecule has 0 unspecified atom stereocenters. The predicted octanol–water partition coefficient (Wildman–Crippen LogP) is 4.56. The molecule has 5 heteroatoms. The van der Waals surface area contributed by atoms with Crippen molar-refractivity contribution in [3.05, 3.63) is 58.7 Å². The van der Waals surface area contributed by atoms with Gasteiger partial charge in [0.15, 0.2) is 0 Å². The summed E-state index contributed by atoms with van der Waals surface area (Å²) in [6.07, 6.45) is 1.50. The Balaban J connectivity index is 1.71. The highest BCUT2D eigenvalue weighted by atomic mass is 16.2. The van der Waals surface area contributed by atoms with E-state index in [4.69, 9.17) is 0 Å². The summed E-state index contributed by atoms with van der Waals surface area (Å²) in [7, 11) is 0. The van der Waals surface area contributed by atoms with E-state index in [0.717, 1.165) is 34.5 Å². The number of rotatable bonds is 3. The summed E-state index contributed by atoms with van der Waals surface area (Å²) >= 11 is 0. The average Bonchev–Trinajstić information content (AvgIpc) is 3.10. The Morgan fingerprint density at radius 2 is 1.56 bits per heavy atom. The number of likely N-dealkylation sites (tertiary alicyclic amines) is 1. The van der Waals surface area contributed by atoms with Crippen LogP contribution in [0.1, 0.15) is 35.1 Å². The molecular formula is C22H27N3O2. The third-order valence-corrected chi connectivity index (χ3v) is 5.04. The first-order valence-electron chi connectivity index (χ1n) is 9.38. The van der Waals surface area contributed by atoms with Crippen molar-refractivity contribution in [2.75, 3.05) is 17.2 Å². The van der Waals surface area contributed by atoms with Crippen LogP contribution in [0, 0.1) is 27.7 Å². The molecule has 0 bridgehead atoms. The second kappa shape index (κ2) is 7.82. The maximum atomic E-state index is 12.9. The van der Waals surface area contributed by atoms with Gasteiger partial charge in [0.05, 0.1) is 0 Å². The van der Waals surface area contributed by atoms with E-state index in [-0.39, 0.29) is 11.9 Å². The summed E-state index contributed by atoms with van der Waals surface area (Å²) in [5.74, 6) is -0.124. The molecule has 27 heavy (non-hydrogen) atoms. The van der Waals surface area contributed by atoms with Crippen molar-refractivity contribution in [3.63, 3.8) is 0 Å². The van der Waals surface area contributed by atoms with Gasteiger partial charge in [-0.1, -0.05) is 35.4 Å². The highest BCUT2D eigenvalue weighted by Crippen LogP contribution is 2.25. The van der Waals surface area contributed by atoms with Gasteiger partial charge < -0.3 is 15.5 Å². The lowest BCUT2D eigenvalue weighted by molar-refractivity contribution is -0.119. The summed E-state index contributed by atoms with van der Waals surface area (Å²) in [4.78, 5) is 27.2. The lowest BCUT2D eigenvalue weighted by Crippen LogP contribution is -2.45. The van der Waals surface area contributed by atoms with Gasteiger partial charge in [-0.15, -0.1) is 0 Å². The third kappa shape index (κ3) is 4.30. The van der Waals surface area contributed by atoms with Crippen LogP contribution in [0.2, 0.25) is 0 Å². The second-order valence-electron chi connectivity index (χ2n) is 7.41. The van der Waals surface area contributed by atoms with E-state index in [1.807, 2.05) is 52.0 Å². The molecule has 1 aliphatic rings. The Bertz CT molecular complexity index is 835. The van der Waals surface area contributed by atoms with E-state index < -0.39 is 6.04 Å². The van der Waals surface area contributed by atoms with E-state index in [2.05, 4.69) is 22.8 Å². The maximum Gasteiger partial charge on any atom is 0.322 e. The summed E-state index contributed by atoms with van der Waals surface area (Å²) < 4.78 is 0. The van der Waals surface area contributed by atoms with E-state index in [1.165, 1.54) is 5.56 Å². The zero-order valence-corrected chi connectivity index (χ0v) is 16.4. The number of anilines is 2. The molecule has 2 aromatic rings. The number of amides is 3. The molecule has 0 aliphatic carbocycles. The molecular weight excluding hydrogens is 338 g/mol. The topological polar surface area (TPSA) is 61.4 Å². The molecule has 1 fully saturated rings. The SMILES string of the molecule is Cc1ccc(NC(=O)N2CCC[C@@H]2C(=O)Nc2c(C)cc(C)cc2C)cc1. The summed E-state index contributed by atoms with van der Waals surface area (Å²) in [6, 6.07) is 11.1. The molecule has 142 valence electrons. The first kappa shape index (κ1) is 19.0. The number of hydrogen-bond acceptors (Lipinski definition) is 2. The van der Waals surface area contributed by atoms with E-state index >= 15 is 0 Å². The Kier molecular flexibility index (Phi) is 5.49. The Hall–Kier alpha value is -2.82. The van der Waals surface area contributed by atoms with E-state index in [9.17, 15) is 9.59 Å². The molecule has 1 atom stereocenters. The standard InChI is InChI=1S/C22H27N3O2/c1-14-7-9-18(10-8-14)23-22(27)25-11-5-6-19(25)21(26)24-20-16(3)12-15(2)13-17(20)4/h7-10,12-13,19H,5-6,11H2,1-4H3,(H,23,27)(H,24,26)/t19-/m1/s1. The fourth-order valence-electron chi connectivity index (χ4n) is 3.70. The number of urea groups is 1. The van der Waals surface area contributed by atoms with Crippen LogP contribution in [-0.2, 0) is 4.79 Å². The lowest BCUT2D eigenvalue weighted by Gasteiger charge is -2.25. The monoisotopic (exact) mass is 365 g/mol. The third-order valence-electron chi connectivity index (χ3n) is 5.04. The Labute approximate surface area is 160 Å². The molecule has 1 heterocycles. The largest absolute Gasteiger partial charge is 0.324 e. The average molecular weight is 365 g/mol. The van der Waals surface area contributed by atoms with Crippen molar-refractivity contribution in [1.29, 1.82) is 0 Å². The highest BCUT2D eigenvalue weighted by molar-refractivity contribution is 6.00. The minimum absolute atomic E-state index is 0.124. The van der Waals surface area contributed by atoms with Crippen LogP contribution >= 0.6 is 0 Å². The zero-order chi connectivity index (χ0) is 19.6. The first-order chi connectivity index (χ1) is 12.8. The first-order valence-corrected chi connectivity index (χ1v) is 9.38. The van der Waals surface area contributed by atoms with E-state index in [0.29, 0.717) is 13.0 Å². The van der Waals surface area contributed by atoms with Crippen LogP contribution in [0.4, 0.5) is 16.2 Å². The van der Waals surface area contributed by atoms with Crippen molar-refractivity contribution < 1.29 is 9.59 Å². The van der Waals surface area contributed by atoms with Crippen LogP contribution in [0.5, 0.6) is 0 Å². The smallest absolute Gasteiger partial charge is 0.322 e. The van der Waals surface area contributed by atoms with E-state index in [1.54, 1.807) is 4.90 Å². The molecule has 0 aromatic heterocycles. The maximum absolute atomic E-state index is 12.9. The number of benzene rings is 2. The summed E-state index contributed by atoms with van der Waals surface area (Å²) in [5, 5.41) is 5.94. The van der Waals surface area contributed by atoms with Crippen molar-refractivity contribution in [3.8, 4) is 0 Å². The minimum atomic E-state index is -0.449. The van der Waals surface area contributed by atoms with Crippen LogP contribution in [0.25, 0.3) is 0 Å². The quantitative estimate of drug-likeness (QED) is 0.838. The van der Waals surface area contributed by atoms with Crippen LogP contribution in [-0.4, -0.2) is 29.4 Å². The molecule has 1 saturated heterocycles. The molecule has 3 amide bonds. The van der Waals surface area contributed by atoms with Gasteiger partial charge in [0.2, 0.25) is 5.91 Å². The Morgan fingerprint density at radius 3 is 2.19 bits per heavy atom. The minimum Gasteiger partial charge on any atom is -0.324 e. The molecule has 2 aromatic carbocycles. The van der Waals surface area contributed by atoms with Crippen molar-refractivity contribution in [1.82, 2.24) is 4.90 Å². The summed E-state index contributed by atoms with van der Waals surface area (Å²) in [5.41, 5.74) is 5.96. The van der Waals surface area contributed by atoms with Gasteiger partial charge in [-0.05, 0) is 63.8 Å². The number of carbonyl (C=O) groups is 2. The number of nitrogens with zero attached hydrogens (tertiary/aromatic N) is 1. The lowest BCUT2D eigenvalue weighted by atomic mass is 10.0. The van der Waals surface area contributed by atoms with Crippen LogP contribution in [0.15, 0.2) is 36.4 Å². The van der Waals surface area contributed by atoms with Gasteiger partial charge in [0.1, 0.15) is 6.04 Å². The number of aryl methyl sites for hydroxylation is 4. The van der Waals surface area contributed by atoms with Gasteiger partial charge in [-0.3, -0.25) is 4.79 Å². The van der Waals surface area contributed by atoms with Gasteiger partial charge in [0.25, 0.3) is 0 Å². The second-order valence-corrected chi connectivity index (χ2v) is 7.41. The number of hydrogen-bond donors (Lipinski definition) is 2. The number of nitrogens with one attached hydrogen (secondary N) is 2. The van der Waals surface area contributed by atoms with Gasteiger partial charge in [0, 0.05) is 17.9 Å². The predicted molar refractivity (Wildman–Crippen MR) is 109 cm³/mol.